The van der Waals surface area contributed by atoms with Crippen molar-refractivity contribution in [1.29, 1.82) is 0 Å². The summed E-state index contributed by atoms with van der Waals surface area (Å²) in [5.41, 5.74) is 2.46. The van der Waals surface area contributed by atoms with Crippen LogP contribution in [0.4, 0.5) is 0 Å². The monoisotopic (exact) mass is 330 g/mol. The highest BCUT2D eigenvalue weighted by Crippen LogP contribution is 2.17. The van der Waals surface area contributed by atoms with Crippen molar-refractivity contribution in [3.05, 3.63) is 35.4 Å². The number of guanidine groups is 1. The highest BCUT2D eigenvalue weighted by Gasteiger charge is 2.15. The van der Waals surface area contributed by atoms with E-state index in [9.17, 15) is 4.79 Å². The Kier molecular flexibility index (Phi) is 7.59. The fourth-order valence-electron chi connectivity index (χ4n) is 2.95. The van der Waals surface area contributed by atoms with E-state index in [1.165, 1.54) is 30.4 Å². The van der Waals surface area contributed by atoms with Gasteiger partial charge in [-0.05, 0) is 25.3 Å². The van der Waals surface area contributed by atoms with Crippen LogP contribution in [0, 0.1) is 6.92 Å². The Morgan fingerprint density at radius 1 is 1.12 bits per heavy atom. The molecule has 0 saturated heterocycles. The summed E-state index contributed by atoms with van der Waals surface area (Å²) < 4.78 is 0. The summed E-state index contributed by atoms with van der Waals surface area (Å²) in [7, 11) is 1.74. The molecule has 1 aliphatic carbocycles. The summed E-state index contributed by atoms with van der Waals surface area (Å²) in [4.78, 5) is 16.2. The Hall–Kier alpha value is -2.04. The highest BCUT2D eigenvalue weighted by atomic mass is 16.1. The molecule has 24 heavy (non-hydrogen) atoms. The Bertz CT molecular complexity index is 533. The Morgan fingerprint density at radius 2 is 1.83 bits per heavy atom. The van der Waals surface area contributed by atoms with E-state index in [0.717, 1.165) is 18.8 Å². The number of rotatable bonds is 6. The van der Waals surface area contributed by atoms with Crippen molar-refractivity contribution in [2.24, 2.45) is 4.99 Å². The van der Waals surface area contributed by atoms with Crippen molar-refractivity contribution >= 4 is 11.9 Å². The topological polar surface area (TPSA) is 65.5 Å². The SMILES string of the molecule is CN=C(NCCC(=O)NC1CCCCC1)NCc1ccc(C)cc1. The van der Waals surface area contributed by atoms with Crippen LogP contribution in [0.1, 0.15) is 49.7 Å². The second-order valence-electron chi connectivity index (χ2n) is 6.49. The quantitative estimate of drug-likeness (QED) is 0.555. The number of nitrogens with zero attached hydrogens (tertiary/aromatic N) is 1. The number of carbonyl (C=O) groups excluding carboxylic acids is 1. The molecular formula is C19H30N4O. The largest absolute Gasteiger partial charge is 0.356 e. The Balaban J connectivity index is 1.63. The van der Waals surface area contributed by atoms with Crippen LogP contribution in [0.5, 0.6) is 0 Å². The molecule has 1 aliphatic rings. The molecule has 5 nitrogen and oxygen atoms in total. The van der Waals surface area contributed by atoms with Gasteiger partial charge in [-0.1, -0.05) is 49.1 Å². The maximum atomic E-state index is 12.0. The number of benzene rings is 1. The third kappa shape index (κ3) is 6.60. The maximum Gasteiger partial charge on any atom is 0.221 e. The lowest BCUT2D eigenvalue weighted by Gasteiger charge is -2.22. The molecule has 1 aromatic carbocycles. The van der Waals surface area contributed by atoms with Crippen molar-refractivity contribution in [2.45, 2.75) is 58.0 Å². The standard InChI is InChI=1S/C19H30N4O/c1-15-8-10-16(11-9-15)14-22-19(20-2)21-13-12-18(24)23-17-6-4-3-5-7-17/h8-11,17H,3-7,12-14H2,1-2H3,(H,23,24)(H2,20,21,22). The van der Waals surface area contributed by atoms with Gasteiger partial charge in [-0.2, -0.15) is 0 Å². The molecule has 0 aliphatic heterocycles. The zero-order valence-corrected chi connectivity index (χ0v) is 14.9. The second kappa shape index (κ2) is 9.96. The van der Waals surface area contributed by atoms with Gasteiger partial charge >= 0.3 is 0 Å². The zero-order chi connectivity index (χ0) is 17.2. The van der Waals surface area contributed by atoms with Crippen molar-refractivity contribution < 1.29 is 4.79 Å². The first kappa shape index (κ1) is 18.3. The zero-order valence-electron chi connectivity index (χ0n) is 14.9. The lowest BCUT2D eigenvalue weighted by atomic mass is 9.95. The van der Waals surface area contributed by atoms with E-state index in [1.807, 2.05) is 0 Å². The lowest BCUT2D eigenvalue weighted by Crippen LogP contribution is -2.41. The average molecular weight is 330 g/mol. The van der Waals surface area contributed by atoms with Gasteiger partial charge in [0.25, 0.3) is 0 Å². The Morgan fingerprint density at radius 3 is 2.50 bits per heavy atom. The number of amides is 1. The van der Waals surface area contributed by atoms with E-state index in [1.54, 1.807) is 7.05 Å². The van der Waals surface area contributed by atoms with Crippen molar-refractivity contribution in [2.75, 3.05) is 13.6 Å². The molecule has 0 atom stereocenters. The number of hydrogen-bond acceptors (Lipinski definition) is 2. The van der Waals surface area contributed by atoms with E-state index in [-0.39, 0.29) is 5.91 Å². The molecule has 1 aromatic rings. The minimum Gasteiger partial charge on any atom is -0.356 e. The fraction of sp³-hybridized carbons (Fsp3) is 0.579. The second-order valence-corrected chi connectivity index (χ2v) is 6.49. The third-order valence-corrected chi connectivity index (χ3v) is 4.42. The molecule has 2 rings (SSSR count). The van der Waals surface area contributed by atoms with E-state index in [2.05, 4.69) is 52.1 Å². The summed E-state index contributed by atoms with van der Waals surface area (Å²) in [6.45, 7) is 3.39. The first-order valence-corrected chi connectivity index (χ1v) is 8.97. The molecule has 0 heterocycles. The molecule has 0 unspecified atom stereocenters. The molecule has 5 heteroatoms. The molecule has 1 fully saturated rings. The number of aryl methyl sites for hydroxylation is 1. The minimum atomic E-state index is 0.128. The average Bonchev–Trinajstić information content (AvgIpc) is 2.60. The number of nitrogens with one attached hydrogen (secondary N) is 3. The van der Waals surface area contributed by atoms with Gasteiger partial charge in [0.15, 0.2) is 5.96 Å². The molecule has 3 N–H and O–H groups in total. The fourth-order valence-corrected chi connectivity index (χ4v) is 2.95. The Labute approximate surface area is 145 Å². The van der Waals surface area contributed by atoms with Crippen LogP contribution in [0.2, 0.25) is 0 Å². The third-order valence-electron chi connectivity index (χ3n) is 4.42. The van der Waals surface area contributed by atoms with Crippen LogP contribution in [0.3, 0.4) is 0 Å². The summed E-state index contributed by atoms with van der Waals surface area (Å²) in [6, 6.07) is 8.79. The molecular weight excluding hydrogens is 300 g/mol. The van der Waals surface area contributed by atoms with Gasteiger partial charge in [-0.3, -0.25) is 9.79 Å². The van der Waals surface area contributed by atoms with E-state index in [0.29, 0.717) is 25.6 Å². The first-order valence-electron chi connectivity index (χ1n) is 8.97. The predicted octanol–water partition coefficient (Wildman–Crippen LogP) is 2.50. The molecule has 0 aromatic heterocycles. The van der Waals surface area contributed by atoms with Crippen molar-refractivity contribution in [3.8, 4) is 0 Å². The van der Waals surface area contributed by atoms with Gasteiger partial charge in [0.05, 0.1) is 0 Å². The van der Waals surface area contributed by atoms with Crippen molar-refractivity contribution in [3.63, 3.8) is 0 Å². The summed E-state index contributed by atoms with van der Waals surface area (Å²) in [5, 5.41) is 9.60. The summed E-state index contributed by atoms with van der Waals surface area (Å²) in [5.74, 6) is 0.851. The van der Waals surface area contributed by atoms with Gasteiger partial charge in [0.1, 0.15) is 0 Å². The van der Waals surface area contributed by atoms with Crippen LogP contribution in [-0.4, -0.2) is 31.5 Å². The van der Waals surface area contributed by atoms with Crippen LogP contribution in [0.25, 0.3) is 0 Å². The van der Waals surface area contributed by atoms with Crippen LogP contribution in [0.15, 0.2) is 29.3 Å². The number of carbonyl (C=O) groups is 1. The molecule has 0 spiro atoms. The minimum absolute atomic E-state index is 0.128. The smallest absolute Gasteiger partial charge is 0.221 e. The van der Waals surface area contributed by atoms with Gasteiger partial charge in [0.2, 0.25) is 5.91 Å². The summed E-state index contributed by atoms with van der Waals surface area (Å²) >= 11 is 0. The maximum absolute atomic E-state index is 12.0. The molecule has 1 saturated carbocycles. The molecule has 1 amide bonds. The van der Waals surface area contributed by atoms with Gasteiger partial charge in [-0.25, -0.2) is 0 Å². The molecule has 0 radical (unpaired) electrons. The highest BCUT2D eigenvalue weighted by molar-refractivity contribution is 5.81. The van der Waals surface area contributed by atoms with Crippen LogP contribution < -0.4 is 16.0 Å². The predicted molar refractivity (Wildman–Crippen MR) is 99.0 cm³/mol. The van der Waals surface area contributed by atoms with Gasteiger partial charge in [0, 0.05) is 32.6 Å². The van der Waals surface area contributed by atoms with E-state index >= 15 is 0 Å². The number of aliphatic imine (C=N–C) groups is 1. The number of hydrogen-bond donors (Lipinski definition) is 3. The van der Waals surface area contributed by atoms with Gasteiger partial charge < -0.3 is 16.0 Å². The van der Waals surface area contributed by atoms with E-state index < -0.39 is 0 Å². The van der Waals surface area contributed by atoms with Crippen molar-refractivity contribution in [1.82, 2.24) is 16.0 Å². The molecule has 0 bridgehead atoms. The normalized spacial score (nSPS) is 15.8. The first-order chi connectivity index (χ1) is 11.7. The molecule has 132 valence electrons. The summed E-state index contributed by atoms with van der Waals surface area (Å²) in [6.07, 6.45) is 6.49. The lowest BCUT2D eigenvalue weighted by molar-refractivity contribution is -0.121. The van der Waals surface area contributed by atoms with Crippen LogP contribution >= 0.6 is 0 Å². The van der Waals surface area contributed by atoms with Gasteiger partial charge in [-0.15, -0.1) is 0 Å². The van der Waals surface area contributed by atoms with Crippen LogP contribution in [-0.2, 0) is 11.3 Å². The van der Waals surface area contributed by atoms with E-state index in [4.69, 9.17) is 0 Å².